The molecule has 0 aromatic carbocycles. The minimum absolute atomic E-state index is 0.238. The lowest BCUT2D eigenvalue weighted by Gasteiger charge is -2.24. The zero-order valence-electron chi connectivity index (χ0n) is 19.0. The van der Waals surface area contributed by atoms with Gasteiger partial charge in [-0.05, 0) is 12.8 Å². The van der Waals surface area contributed by atoms with Gasteiger partial charge >= 0.3 is 0 Å². The van der Waals surface area contributed by atoms with E-state index >= 15 is 0 Å². The zero-order valence-corrected chi connectivity index (χ0v) is 19.0. The molecule has 28 heavy (non-hydrogen) atoms. The van der Waals surface area contributed by atoms with Crippen LogP contribution in [0.4, 0.5) is 0 Å². The molecule has 166 valence electrons. The quantitative estimate of drug-likeness (QED) is 0.204. The smallest absolute Gasteiger partial charge is 0.0982 e. The summed E-state index contributed by atoms with van der Waals surface area (Å²) in [6.07, 6.45) is 31.4. The Bertz CT molecular complexity index is 345. The molecule has 1 rings (SSSR count). The van der Waals surface area contributed by atoms with Crippen LogP contribution in [0.3, 0.4) is 0 Å². The Morgan fingerprint density at radius 1 is 0.679 bits per heavy atom. The summed E-state index contributed by atoms with van der Waals surface area (Å²) in [4.78, 5) is 2.22. The summed E-state index contributed by atoms with van der Waals surface area (Å²) >= 11 is 0. The van der Waals surface area contributed by atoms with E-state index in [0.717, 1.165) is 6.54 Å². The average Bonchev–Trinajstić information content (AvgIpc) is 3.14. The molecular weight excluding hydrogens is 344 g/mol. The van der Waals surface area contributed by atoms with Crippen molar-refractivity contribution in [2.24, 2.45) is 0 Å². The first-order valence-corrected chi connectivity index (χ1v) is 12.7. The minimum Gasteiger partial charge on any atom is -0.395 e. The predicted octanol–water partition coefficient (Wildman–Crippen LogP) is 7.11. The number of nitrogens with zero attached hydrogens (tertiary/aromatic N) is 1. The van der Waals surface area contributed by atoms with E-state index < -0.39 is 0 Å². The van der Waals surface area contributed by atoms with Gasteiger partial charge in [0.05, 0.1) is 12.8 Å². The van der Waals surface area contributed by atoms with Crippen LogP contribution in [0.2, 0.25) is 0 Å². The van der Waals surface area contributed by atoms with Crippen molar-refractivity contribution >= 4 is 0 Å². The summed E-state index contributed by atoms with van der Waals surface area (Å²) in [6, 6.07) is 0. The maximum atomic E-state index is 9.07. The fourth-order valence-corrected chi connectivity index (χ4v) is 4.28. The lowest BCUT2D eigenvalue weighted by molar-refractivity contribution is 0.194. The third kappa shape index (κ3) is 14.3. The van der Waals surface area contributed by atoms with Crippen LogP contribution < -0.4 is 5.32 Å². The Balaban J connectivity index is 1.71. The number of rotatable bonds is 21. The summed E-state index contributed by atoms with van der Waals surface area (Å²) in [6.45, 7) is 3.27. The minimum atomic E-state index is 0.238. The van der Waals surface area contributed by atoms with Crippen molar-refractivity contribution in [2.75, 3.05) is 13.2 Å². The Hall–Kier alpha value is -0.700. The van der Waals surface area contributed by atoms with Crippen LogP contribution in [0.5, 0.6) is 0 Å². The van der Waals surface area contributed by atoms with Gasteiger partial charge in [-0.1, -0.05) is 116 Å². The molecule has 0 bridgehead atoms. The Kier molecular flexibility index (Phi) is 17.7. The van der Waals surface area contributed by atoms with Crippen LogP contribution in [0.15, 0.2) is 12.4 Å². The molecule has 2 N–H and O–H groups in total. The van der Waals surface area contributed by atoms with Crippen LogP contribution in [-0.4, -0.2) is 29.3 Å². The summed E-state index contributed by atoms with van der Waals surface area (Å²) in [5, 5.41) is 12.5. The molecule has 1 aliphatic rings. The van der Waals surface area contributed by atoms with Crippen molar-refractivity contribution in [3.8, 4) is 0 Å². The summed E-state index contributed by atoms with van der Waals surface area (Å²) in [5.74, 6) is 0. The molecule has 0 aliphatic carbocycles. The Morgan fingerprint density at radius 2 is 1.11 bits per heavy atom. The van der Waals surface area contributed by atoms with Crippen molar-refractivity contribution in [2.45, 2.75) is 135 Å². The van der Waals surface area contributed by atoms with E-state index in [9.17, 15) is 0 Å². The van der Waals surface area contributed by atoms with Gasteiger partial charge in [0.1, 0.15) is 0 Å². The molecule has 3 nitrogen and oxygen atoms in total. The van der Waals surface area contributed by atoms with E-state index in [4.69, 9.17) is 5.11 Å². The average molecular weight is 395 g/mol. The van der Waals surface area contributed by atoms with Crippen LogP contribution >= 0.6 is 0 Å². The second-order valence-electron chi connectivity index (χ2n) is 8.76. The number of hydrogen-bond acceptors (Lipinski definition) is 3. The number of hydrogen-bond donors (Lipinski definition) is 2. The van der Waals surface area contributed by atoms with Crippen LogP contribution in [0.1, 0.15) is 129 Å². The van der Waals surface area contributed by atoms with Gasteiger partial charge in [-0.25, -0.2) is 0 Å². The van der Waals surface area contributed by atoms with E-state index in [1.807, 2.05) is 6.20 Å². The zero-order chi connectivity index (χ0) is 20.1. The molecule has 0 amide bonds. The summed E-state index contributed by atoms with van der Waals surface area (Å²) in [7, 11) is 0. The second-order valence-corrected chi connectivity index (χ2v) is 8.76. The van der Waals surface area contributed by atoms with Gasteiger partial charge in [-0.15, -0.1) is 0 Å². The summed E-state index contributed by atoms with van der Waals surface area (Å²) in [5.41, 5.74) is 0. The number of nitrogens with one attached hydrogen (secondary N) is 1. The highest BCUT2D eigenvalue weighted by Crippen LogP contribution is 2.16. The van der Waals surface area contributed by atoms with E-state index in [2.05, 4.69) is 23.3 Å². The molecule has 0 aromatic heterocycles. The third-order valence-electron chi connectivity index (χ3n) is 6.14. The first-order valence-electron chi connectivity index (χ1n) is 12.7. The molecule has 0 radical (unpaired) electrons. The van der Waals surface area contributed by atoms with Gasteiger partial charge in [-0.3, -0.25) is 0 Å². The fourth-order valence-electron chi connectivity index (χ4n) is 4.28. The van der Waals surface area contributed by atoms with Gasteiger partial charge in [0, 0.05) is 18.9 Å². The molecular formula is C25H50N2O. The predicted molar refractivity (Wildman–Crippen MR) is 123 cm³/mol. The van der Waals surface area contributed by atoms with Crippen molar-refractivity contribution in [1.82, 2.24) is 10.2 Å². The van der Waals surface area contributed by atoms with Crippen LogP contribution in [0.25, 0.3) is 0 Å². The lowest BCUT2D eigenvalue weighted by atomic mass is 10.0. The van der Waals surface area contributed by atoms with Gasteiger partial charge in [-0.2, -0.15) is 0 Å². The Labute approximate surface area is 176 Å². The van der Waals surface area contributed by atoms with Gasteiger partial charge in [0.25, 0.3) is 0 Å². The van der Waals surface area contributed by atoms with Crippen LogP contribution in [-0.2, 0) is 0 Å². The second kappa shape index (κ2) is 19.6. The Morgan fingerprint density at radius 3 is 1.54 bits per heavy atom. The van der Waals surface area contributed by atoms with Gasteiger partial charge in [0.2, 0.25) is 0 Å². The maximum Gasteiger partial charge on any atom is 0.0982 e. The SMILES string of the molecule is CCCCCCCCCCCCCCCCCCCCC1NC=CN1CCO. The largest absolute Gasteiger partial charge is 0.395 e. The molecule has 1 aliphatic heterocycles. The number of aliphatic hydroxyl groups excluding tert-OH is 1. The molecule has 1 unspecified atom stereocenters. The lowest BCUT2D eigenvalue weighted by Crippen LogP contribution is -2.36. The monoisotopic (exact) mass is 394 g/mol. The molecule has 1 heterocycles. The van der Waals surface area contributed by atoms with Crippen molar-refractivity contribution in [3.05, 3.63) is 12.4 Å². The number of β-amino-alcohol motifs (C(OH)–C–C–N with tert-alkyl or cyclic N) is 1. The standard InChI is InChI=1S/C25H50N2O/c1-2-3-4-5-6-7-8-9-10-11-12-13-14-15-16-17-18-19-20-25-26-21-22-27(25)23-24-28/h21-22,25-26,28H,2-20,23-24H2,1H3. The topological polar surface area (TPSA) is 35.5 Å². The van der Waals surface area contributed by atoms with Crippen LogP contribution in [0, 0.1) is 0 Å². The third-order valence-corrected chi connectivity index (χ3v) is 6.14. The van der Waals surface area contributed by atoms with E-state index in [1.54, 1.807) is 0 Å². The first-order chi connectivity index (χ1) is 13.9. The molecule has 0 fully saturated rings. The highest BCUT2D eigenvalue weighted by molar-refractivity contribution is 4.93. The van der Waals surface area contributed by atoms with E-state index in [1.165, 1.54) is 122 Å². The van der Waals surface area contributed by atoms with E-state index in [0.29, 0.717) is 6.17 Å². The maximum absolute atomic E-state index is 9.07. The molecule has 3 heteroatoms. The highest BCUT2D eigenvalue weighted by Gasteiger charge is 2.16. The molecule has 0 saturated heterocycles. The number of aliphatic hydroxyl groups is 1. The molecule has 0 saturated carbocycles. The van der Waals surface area contributed by atoms with E-state index in [-0.39, 0.29) is 6.61 Å². The van der Waals surface area contributed by atoms with Gasteiger partial charge < -0.3 is 15.3 Å². The first kappa shape index (κ1) is 25.3. The van der Waals surface area contributed by atoms with Crippen molar-refractivity contribution in [1.29, 1.82) is 0 Å². The normalized spacial score (nSPS) is 16.1. The fraction of sp³-hybridized carbons (Fsp3) is 0.920. The molecule has 1 atom stereocenters. The summed E-state index contributed by atoms with van der Waals surface area (Å²) < 4.78 is 0. The van der Waals surface area contributed by atoms with Crippen molar-refractivity contribution in [3.63, 3.8) is 0 Å². The molecule has 0 spiro atoms. The van der Waals surface area contributed by atoms with Gasteiger partial charge in [0.15, 0.2) is 0 Å². The number of unbranched alkanes of at least 4 members (excludes halogenated alkanes) is 17. The van der Waals surface area contributed by atoms with Crippen molar-refractivity contribution < 1.29 is 5.11 Å². The highest BCUT2D eigenvalue weighted by atomic mass is 16.3. The molecule has 0 aromatic rings.